The second kappa shape index (κ2) is 4.36. The molecule has 1 heterocycles. The molecule has 0 aliphatic rings. The van der Waals surface area contributed by atoms with Crippen LogP contribution >= 0.6 is 11.8 Å². The van der Waals surface area contributed by atoms with E-state index in [9.17, 15) is 18.0 Å². The number of rotatable bonds is 1. The Morgan fingerprint density at radius 2 is 1.76 bits per heavy atom. The van der Waals surface area contributed by atoms with Crippen LogP contribution in [0.3, 0.4) is 0 Å². The summed E-state index contributed by atoms with van der Waals surface area (Å²) < 4.78 is 37.8. The van der Waals surface area contributed by atoms with E-state index in [0.29, 0.717) is 0 Å². The molecule has 1 N–H and O–H groups in total. The standard InChI is InChI=1S/C10H13F3N2OS/c1-5-14-7(10(11,12)13)6(8(16)15-5)17-9(2,3)4/h1-4H3,(H,14,15,16). The molecule has 1 aromatic rings. The van der Waals surface area contributed by atoms with Crippen LogP contribution in [0.4, 0.5) is 13.2 Å². The second-order valence-electron chi connectivity index (χ2n) is 4.54. The summed E-state index contributed by atoms with van der Waals surface area (Å²) >= 11 is 0.863. The zero-order valence-corrected chi connectivity index (χ0v) is 10.7. The van der Waals surface area contributed by atoms with E-state index in [-0.39, 0.29) is 10.7 Å². The SMILES string of the molecule is Cc1nc(C(F)(F)F)c(SC(C)(C)C)c(=O)[nH]1. The van der Waals surface area contributed by atoms with Crippen molar-refractivity contribution in [2.75, 3.05) is 0 Å². The average molecular weight is 266 g/mol. The third kappa shape index (κ3) is 3.76. The summed E-state index contributed by atoms with van der Waals surface area (Å²) in [6.07, 6.45) is -4.62. The van der Waals surface area contributed by atoms with Crippen molar-refractivity contribution in [3.05, 3.63) is 21.9 Å². The number of aromatic amines is 1. The minimum Gasteiger partial charge on any atom is -0.310 e. The molecule has 0 atom stereocenters. The first-order chi connectivity index (χ1) is 7.50. The van der Waals surface area contributed by atoms with Gasteiger partial charge in [-0.25, -0.2) is 4.98 Å². The third-order valence-corrected chi connectivity index (χ3v) is 2.87. The molecule has 0 saturated carbocycles. The molecule has 0 fully saturated rings. The molecule has 0 spiro atoms. The fraction of sp³-hybridized carbons (Fsp3) is 0.600. The normalized spacial score (nSPS) is 12.9. The number of aryl methyl sites for hydroxylation is 1. The summed E-state index contributed by atoms with van der Waals surface area (Å²) in [6, 6.07) is 0. The Labute approximate surface area is 101 Å². The highest BCUT2D eigenvalue weighted by atomic mass is 32.2. The van der Waals surface area contributed by atoms with Crippen molar-refractivity contribution in [1.82, 2.24) is 9.97 Å². The van der Waals surface area contributed by atoms with Crippen LogP contribution in [-0.4, -0.2) is 14.7 Å². The maximum absolute atomic E-state index is 12.8. The lowest BCUT2D eigenvalue weighted by molar-refractivity contribution is -0.143. The Bertz CT molecular complexity index is 474. The molecule has 0 aliphatic heterocycles. The van der Waals surface area contributed by atoms with Crippen LogP contribution in [-0.2, 0) is 6.18 Å². The van der Waals surface area contributed by atoms with Crippen molar-refractivity contribution in [2.24, 2.45) is 0 Å². The van der Waals surface area contributed by atoms with Gasteiger partial charge in [0, 0.05) is 4.75 Å². The van der Waals surface area contributed by atoms with Gasteiger partial charge < -0.3 is 4.98 Å². The molecule has 0 unspecified atom stereocenters. The molecule has 96 valence electrons. The predicted molar refractivity (Wildman–Crippen MR) is 60.2 cm³/mol. The highest BCUT2D eigenvalue weighted by Crippen LogP contribution is 2.38. The molecule has 0 aromatic carbocycles. The monoisotopic (exact) mass is 266 g/mol. The number of alkyl halides is 3. The first kappa shape index (κ1) is 14.1. The fourth-order valence-corrected chi connectivity index (χ4v) is 2.18. The van der Waals surface area contributed by atoms with E-state index in [2.05, 4.69) is 9.97 Å². The topological polar surface area (TPSA) is 45.8 Å². The van der Waals surface area contributed by atoms with Crippen LogP contribution < -0.4 is 5.56 Å². The van der Waals surface area contributed by atoms with Crippen LogP contribution in [0.15, 0.2) is 9.69 Å². The smallest absolute Gasteiger partial charge is 0.310 e. The molecule has 0 aliphatic carbocycles. The Morgan fingerprint density at radius 3 is 2.18 bits per heavy atom. The fourth-order valence-electron chi connectivity index (χ4n) is 1.17. The molecule has 0 amide bonds. The van der Waals surface area contributed by atoms with Crippen molar-refractivity contribution in [2.45, 2.75) is 43.5 Å². The number of nitrogens with zero attached hydrogens (tertiary/aromatic N) is 1. The quantitative estimate of drug-likeness (QED) is 0.795. The van der Waals surface area contributed by atoms with Crippen molar-refractivity contribution in [3.8, 4) is 0 Å². The Morgan fingerprint density at radius 1 is 1.24 bits per heavy atom. The molecule has 17 heavy (non-hydrogen) atoms. The molecule has 0 radical (unpaired) electrons. The van der Waals surface area contributed by atoms with Gasteiger partial charge >= 0.3 is 6.18 Å². The molecule has 1 aromatic heterocycles. The van der Waals surface area contributed by atoms with Crippen molar-refractivity contribution < 1.29 is 13.2 Å². The molecule has 1 rings (SSSR count). The van der Waals surface area contributed by atoms with Gasteiger partial charge in [-0.2, -0.15) is 13.2 Å². The van der Waals surface area contributed by atoms with Gasteiger partial charge in [-0.1, -0.05) is 20.8 Å². The van der Waals surface area contributed by atoms with Crippen LogP contribution in [0.5, 0.6) is 0 Å². The minimum absolute atomic E-state index is 0.0411. The van der Waals surface area contributed by atoms with Crippen LogP contribution in [0.25, 0.3) is 0 Å². The van der Waals surface area contributed by atoms with Crippen molar-refractivity contribution >= 4 is 11.8 Å². The highest BCUT2D eigenvalue weighted by molar-refractivity contribution is 8.00. The predicted octanol–water partition coefficient (Wildman–Crippen LogP) is 2.99. The lowest BCUT2D eigenvalue weighted by atomic mass is 10.3. The summed E-state index contributed by atoms with van der Waals surface area (Å²) in [5, 5.41) is 0. The van der Waals surface area contributed by atoms with Crippen LogP contribution in [0.2, 0.25) is 0 Å². The maximum Gasteiger partial charge on any atom is 0.434 e. The summed E-state index contributed by atoms with van der Waals surface area (Å²) in [5.41, 5.74) is -1.86. The molecule has 0 saturated heterocycles. The number of halogens is 3. The number of H-pyrrole nitrogens is 1. The van der Waals surface area contributed by atoms with Gasteiger partial charge in [0.05, 0.1) is 0 Å². The van der Waals surface area contributed by atoms with Crippen LogP contribution in [0.1, 0.15) is 32.3 Å². The van der Waals surface area contributed by atoms with Gasteiger partial charge in [0.1, 0.15) is 10.7 Å². The van der Waals surface area contributed by atoms with E-state index >= 15 is 0 Å². The highest BCUT2D eigenvalue weighted by Gasteiger charge is 2.38. The average Bonchev–Trinajstić information content (AvgIpc) is 2.05. The van der Waals surface area contributed by atoms with Gasteiger partial charge in [-0.15, -0.1) is 11.8 Å². The molecular formula is C10H13F3N2OS. The summed E-state index contributed by atoms with van der Waals surface area (Å²) in [4.78, 5) is 16.9. The number of thioether (sulfide) groups is 1. The Balaban J connectivity index is 3.42. The van der Waals surface area contributed by atoms with Crippen molar-refractivity contribution in [3.63, 3.8) is 0 Å². The van der Waals surface area contributed by atoms with Gasteiger partial charge in [-0.05, 0) is 6.92 Å². The zero-order valence-electron chi connectivity index (χ0n) is 9.90. The maximum atomic E-state index is 12.8. The second-order valence-corrected chi connectivity index (χ2v) is 6.38. The van der Waals surface area contributed by atoms with E-state index in [1.807, 2.05) is 0 Å². The zero-order chi connectivity index (χ0) is 13.4. The number of nitrogens with one attached hydrogen (secondary N) is 1. The molecule has 7 heteroatoms. The Kier molecular flexibility index (Phi) is 3.61. The summed E-state index contributed by atoms with van der Waals surface area (Å²) in [7, 11) is 0. The Hall–Kier alpha value is -0.980. The number of hydrogen-bond acceptors (Lipinski definition) is 3. The van der Waals surface area contributed by atoms with Crippen LogP contribution in [0, 0.1) is 6.92 Å². The summed E-state index contributed by atoms with van der Waals surface area (Å²) in [6.45, 7) is 6.52. The third-order valence-electron chi connectivity index (χ3n) is 1.67. The number of aromatic nitrogens is 2. The first-order valence-electron chi connectivity index (χ1n) is 4.88. The molecular weight excluding hydrogens is 253 g/mol. The summed E-state index contributed by atoms with van der Waals surface area (Å²) in [5.74, 6) is -0.0411. The van der Waals surface area contributed by atoms with E-state index in [0.717, 1.165) is 11.8 Å². The van der Waals surface area contributed by atoms with Crippen molar-refractivity contribution in [1.29, 1.82) is 0 Å². The van der Waals surface area contributed by atoms with Gasteiger partial charge in [-0.3, -0.25) is 4.79 Å². The first-order valence-corrected chi connectivity index (χ1v) is 5.69. The van der Waals surface area contributed by atoms with Gasteiger partial charge in [0.2, 0.25) is 0 Å². The van der Waals surface area contributed by atoms with Gasteiger partial charge in [0.15, 0.2) is 5.69 Å². The largest absolute Gasteiger partial charge is 0.434 e. The molecule has 3 nitrogen and oxygen atoms in total. The van der Waals surface area contributed by atoms with E-state index in [1.54, 1.807) is 20.8 Å². The number of hydrogen-bond donors (Lipinski definition) is 1. The minimum atomic E-state index is -4.62. The van der Waals surface area contributed by atoms with E-state index in [4.69, 9.17) is 0 Å². The molecule has 0 bridgehead atoms. The van der Waals surface area contributed by atoms with E-state index < -0.39 is 22.2 Å². The lowest BCUT2D eigenvalue weighted by Gasteiger charge is -2.19. The van der Waals surface area contributed by atoms with E-state index in [1.165, 1.54) is 6.92 Å². The van der Waals surface area contributed by atoms with Gasteiger partial charge in [0.25, 0.3) is 5.56 Å². The lowest BCUT2D eigenvalue weighted by Crippen LogP contribution is -2.23.